The zero-order chi connectivity index (χ0) is 12.1. The van der Waals surface area contributed by atoms with E-state index in [4.69, 9.17) is 0 Å². The van der Waals surface area contributed by atoms with Gasteiger partial charge in [-0.15, -0.1) is 0 Å². The van der Waals surface area contributed by atoms with E-state index in [-0.39, 0.29) is 5.56 Å². The zero-order valence-corrected chi connectivity index (χ0v) is 9.42. The molecule has 0 aliphatic rings. The number of nitrogens with one attached hydrogen (secondary N) is 1. The van der Waals surface area contributed by atoms with Crippen molar-refractivity contribution in [2.45, 2.75) is 13.5 Å². The summed E-state index contributed by atoms with van der Waals surface area (Å²) in [6.45, 7) is 2.13. The van der Waals surface area contributed by atoms with E-state index in [2.05, 4.69) is 19.9 Å². The number of aryl methyl sites for hydroxylation is 1. The van der Waals surface area contributed by atoms with Crippen LogP contribution < -0.4 is 5.56 Å². The first-order chi connectivity index (χ1) is 8.24. The number of hydrogen-bond acceptors (Lipinski definition) is 4. The number of rotatable bonds is 3. The fraction of sp³-hybridized carbons (Fsp3) is 0.167. The summed E-state index contributed by atoms with van der Waals surface area (Å²) in [6, 6.07) is 5.20. The van der Waals surface area contributed by atoms with Gasteiger partial charge in [-0.3, -0.25) is 14.8 Å². The van der Waals surface area contributed by atoms with Crippen molar-refractivity contribution in [2.75, 3.05) is 0 Å². The number of nitrogens with zero attached hydrogens (tertiary/aromatic N) is 3. The van der Waals surface area contributed by atoms with E-state index in [0.717, 1.165) is 5.56 Å². The zero-order valence-electron chi connectivity index (χ0n) is 9.42. The molecule has 0 aliphatic heterocycles. The van der Waals surface area contributed by atoms with Crippen LogP contribution in [0.25, 0.3) is 0 Å². The van der Waals surface area contributed by atoms with Gasteiger partial charge in [-0.2, -0.15) is 0 Å². The first-order valence-electron chi connectivity index (χ1n) is 5.21. The molecule has 0 bridgehead atoms. The molecule has 2 rings (SSSR count). The molecule has 17 heavy (non-hydrogen) atoms. The van der Waals surface area contributed by atoms with Gasteiger partial charge in [0.15, 0.2) is 0 Å². The summed E-state index contributed by atoms with van der Waals surface area (Å²) in [6.07, 6.45) is 5.13. The van der Waals surface area contributed by atoms with Crippen LogP contribution in [0.1, 0.15) is 17.1 Å². The molecule has 1 N–H and O–H groups in total. The Kier molecular flexibility index (Phi) is 3.40. The standard InChI is InChI=1S/C12H12N4O/c1-9-5-12(17)16-11(15-9)8-14-7-10-3-2-4-13-6-10/h2-7H,8H2,1H3,(H,15,16,17). The van der Waals surface area contributed by atoms with E-state index < -0.39 is 0 Å². The van der Waals surface area contributed by atoms with E-state index in [1.54, 1.807) is 25.5 Å². The molecule has 0 aliphatic carbocycles. The van der Waals surface area contributed by atoms with Crippen LogP contribution in [0.15, 0.2) is 40.4 Å². The predicted molar refractivity (Wildman–Crippen MR) is 65.1 cm³/mol. The summed E-state index contributed by atoms with van der Waals surface area (Å²) in [7, 11) is 0. The Morgan fingerprint density at radius 1 is 1.53 bits per heavy atom. The van der Waals surface area contributed by atoms with Crippen molar-refractivity contribution in [3.05, 3.63) is 58.0 Å². The van der Waals surface area contributed by atoms with Crippen LogP contribution in [0.4, 0.5) is 0 Å². The van der Waals surface area contributed by atoms with Gasteiger partial charge in [-0.05, 0) is 13.0 Å². The molecule has 2 aromatic rings. The summed E-state index contributed by atoms with van der Waals surface area (Å²) in [5, 5.41) is 0. The molecule has 0 saturated carbocycles. The number of aliphatic imine (C=N–C) groups is 1. The van der Waals surface area contributed by atoms with E-state index >= 15 is 0 Å². The molecule has 5 nitrogen and oxygen atoms in total. The molecule has 0 fully saturated rings. The largest absolute Gasteiger partial charge is 0.309 e. The van der Waals surface area contributed by atoms with E-state index in [0.29, 0.717) is 18.1 Å². The quantitative estimate of drug-likeness (QED) is 0.799. The van der Waals surface area contributed by atoms with Crippen LogP contribution in [0.5, 0.6) is 0 Å². The molecule has 0 saturated heterocycles. The van der Waals surface area contributed by atoms with E-state index in [1.165, 1.54) is 6.07 Å². The lowest BCUT2D eigenvalue weighted by molar-refractivity contribution is 0.878. The normalized spacial score (nSPS) is 10.9. The highest BCUT2D eigenvalue weighted by Crippen LogP contribution is 1.94. The summed E-state index contributed by atoms with van der Waals surface area (Å²) < 4.78 is 0. The first-order valence-corrected chi connectivity index (χ1v) is 5.21. The molecule has 0 atom stereocenters. The second-order valence-corrected chi connectivity index (χ2v) is 3.59. The van der Waals surface area contributed by atoms with Crippen LogP contribution >= 0.6 is 0 Å². The third-order valence-electron chi connectivity index (χ3n) is 2.08. The maximum Gasteiger partial charge on any atom is 0.251 e. The molecule has 5 heteroatoms. The summed E-state index contributed by atoms with van der Waals surface area (Å²) in [5.74, 6) is 0.565. The smallest absolute Gasteiger partial charge is 0.251 e. The van der Waals surface area contributed by atoms with Crippen molar-refractivity contribution >= 4 is 6.21 Å². The molecule has 2 aromatic heterocycles. The lowest BCUT2D eigenvalue weighted by Gasteiger charge is -1.97. The van der Waals surface area contributed by atoms with Crippen molar-refractivity contribution in [2.24, 2.45) is 4.99 Å². The van der Waals surface area contributed by atoms with Gasteiger partial charge < -0.3 is 4.98 Å². The molecule has 0 amide bonds. The minimum Gasteiger partial charge on any atom is -0.309 e. The monoisotopic (exact) mass is 228 g/mol. The van der Waals surface area contributed by atoms with Gasteiger partial charge in [0, 0.05) is 35.9 Å². The van der Waals surface area contributed by atoms with Gasteiger partial charge in [-0.25, -0.2) is 4.98 Å². The average Bonchev–Trinajstić information content (AvgIpc) is 2.29. The Morgan fingerprint density at radius 2 is 2.41 bits per heavy atom. The van der Waals surface area contributed by atoms with Crippen LogP contribution in [0.3, 0.4) is 0 Å². The maximum absolute atomic E-state index is 11.2. The van der Waals surface area contributed by atoms with Gasteiger partial charge in [0.2, 0.25) is 0 Å². The second kappa shape index (κ2) is 5.16. The average molecular weight is 228 g/mol. The van der Waals surface area contributed by atoms with Crippen molar-refractivity contribution in [3.8, 4) is 0 Å². The maximum atomic E-state index is 11.2. The highest BCUT2D eigenvalue weighted by molar-refractivity contribution is 5.78. The number of hydrogen-bond donors (Lipinski definition) is 1. The van der Waals surface area contributed by atoms with E-state index in [9.17, 15) is 4.79 Å². The molecule has 86 valence electrons. The summed E-state index contributed by atoms with van der Waals surface area (Å²) >= 11 is 0. The van der Waals surface area contributed by atoms with Crippen molar-refractivity contribution in [3.63, 3.8) is 0 Å². The van der Waals surface area contributed by atoms with Gasteiger partial charge >= 0.3 is 0 Å². The Balaban J connectivity index is 2.07. The highest BCUT2D eigenvalue weighted by atomic mass is 16.1. The topological polar surface area (TPSA) is 71.0 Å². The molecule has 0 spiro atoms. The van der Waals surface area contributed by atoms with Crippen LogP contribution in [0.2, 0.25) is 0 Å². The van der Waals surface area contributed by atoms with Crippen molar-refractivity contribution in [1.29, 1.82) is 0 Å². The molecule has 2 heterocycles. The van der Waals surface area contributed by atoms with Gasteiger partial charge in [0.1, 0.15) is 5.82 Å². The van der Waals surface area contributed by atoms with Gasteiger partial charge in [0.05, 0.1) is 6.54 Å². The summed E-state index contributed by atoms with van der Waals surface area (Å²) in [4.78, 5) is 26.2. The van der Waals surface area contributed by atoms with Crippen molar-refractivity contribution in [1.82, 2.24) is 15.0 Å². The van der Waals surface area contributed by atoms with Crippen molar-refractivity contribution < 1.29 is 0 Å². The third-order valence-corrected chi connectivity index (χ3v) is 2.08. The number of aromatic amines is 1. The van der Waals surface area contributed by atoms with Gasteiger partial charge in [0.25, 0.3) is 5.56 Å². The minimum absolute atomic E-state index is 0.149. The fourth-order valence-electron chi connectivity index (χ4n) is 1.41. The minimum atomic E-state index is -0.149. The SMILES string of the molecule is Cc1cc(=O)[nH]c(CN=Cc2cccnc2)n1. The third kappa shape index (κ3) is 3.34. The molecule has 0 radical (unpaired) electrons. The molecule has 0 aromatic carbocycles. The lowest BCUT2D eigenvalue weighted by atomic mass is 10.3. The fourth-order valence-corrected chi connectivity index (χ4v) is 1.41. The highest BCUT2D eigenvalue weighted by Gasteiger charge is 1.95. The number of H-pyrrole nitrogens is 1. The van der Waals surface area contributed by atoms with Gasteiger partial charge in [-0.1, -0.05) is 6.07 Å². The van der Waals surface area contributed by atoms with E-state index in [1.807, 2.05) is 12.1 Å². The first kappa shape index (κ1) is 11.2. The lowest BCUT2D eigenvalue weighted by Crippen LogP contribution is -2.10. The Hall–Kier alpha value is -2.30. The Morgan fingerprint density at radius 3 is 3.12 bits per heavy atom. The van der Waals surface area contributed by atoms with Crippen LogP contribution in [0, 0.1) is 6.92 Å². The Bertz CT molecular complexity index is 575. The molecular formula is C12H12N4O. The van der Waals surface area contributed by atoms with Crippen LogP contribution in [-0.2, 0) is 6.54 Å². The second-order valence-electron chi connectivity index (χ2n) is 3.59. The Labute approximate surface area is 98.3 Å². The predicted octanol–water partition coefficient (Wildman–Crippen LogP) is 1.09. The number of aromatic nitrogens is 3. The summed E-state index contributed by atoms with van der Waals surface area (Å²) in [5.41, 5.74) is 1.46. The molecular weight excluding hydrogens is 216 g/mol. The van der Waals surface area contributed by atoms with Crippen LogP contribution in [-0.4, -0.2) is 21.2 Å². The molecule has 0 unspecified atom stereocenters. The number of pyridine rings is 1.